The summed E-state index contributed by atoms with van der Waals surface area (Å²) in [6.45, 7) is 5.95. The van der Waals surface area contributed by atoms with Crippen molar-refractivity contribution in [1.29, 1.82) is 0 Å². The van der Waals surface area contributed by atoms with Crippen LogP contribution in [0.2, 0.25) is 0 Å². The molecule has 2 aliphatic rings. The van der Waals surface area contributed by atoms with Gasteiger partial charge in [0.2, 0.25) is 0 Å². The number of carbonyl (C=O) groups is 1. The van der Waals surface area contributed by atoms with Crippen molar-refractivity contribution >= 4 is 11.7 Å². The summed E-state index contributed by atoms with van der Waals surface area (Å²) in [5.41, 5.74) is -0.583. The molecule has 0 saturated carbocycles. The van der Waals surface area contributed by atoms with Gasteiger partial charge in [-0.25, -0.2) is 9.78 Å². The van der Waals surface area contributed by atoms with E-state index in [1.54, 1.807) is 37.8 Å². The lowest BCUT2D eigenvalue weighted by Gasteiger charge is -2.44. The minimum atomic E-state index is -4.49. The maximum atomic E-state index is 12.9. The van der Waals surface area contributed by atoms with Crippen LogP contribution in [-0.4, -0.2) is 46.9 Å². The van der Waals surface area contributed by atoms with E-state index in [0.29, 0.717) is 18.6 Å². The predicted octanol–water partition coefficient (Wildman–Crippen LogP) is 3.89. The minimum absolute atomic E-state index is 0.276. The molecule has 26 heavy (non-hydrogen) atoms. The molecule has 0 spiro atoms. The lowest BCUT2D eigenvalue weighted by Crippen LogP contribution is -2.57. The molecule has 1 aromatic rings. The summed E-state index contributed by atoms with van der Waals surface area (Å²) in [6, 6.07) is 3.17. The fourth-order valence-corrected chi connectivity index (χ4v) is 3.16. The van der Waals surface area contributed by atoms with Gasteiger partial charge in [0.25, 0.3) is 0 Å². The third-order valence-corrected chi connectivity index (χ3v) is 4.17. The number of amides is 1. The molecular weight excluding hydrogens is 349 g/mol. The number of aromatic nitrogens is 1. The molecule has 0 aliphatic carbocycles. The van der Waals surface area contributed by atoms with Crippen molar-refractivity contribution in [1.82, 2.24) is 9.88 Å². The predicted molar refractivity (Wildman–Crippen MR) is 88.3 cm³/mol. The minimum Gasteiger partial charge on any atom is -0.444 e. The molecule has 0 N–H and O–H groups in total. The Morgan fingerprint density at radius 3 is 2.62 bits per heavy atom. The van der Waals surface area contributed by atoms with Crippen LogP contribution in [0.3, 0.4) is 0 Å². The van der Waals surface area contributed by atoms with Gasteiger partial charge in [0, 0.05) is 0 Å². The summed E-state index contributed by atoms with van der Waals surface area (Å²) in [5.74, 6) is 0. The van der Waals surface area contributed by atoms with E-state index in [4.69, 9.17) is 9.47 Å². The Balaban J connectivity index is 1.88. The molecular formula is C18H21F3N2O3. The lowest BCUT2D eigenvalue weighted by atomic mass is 9.92. The first-order valence-corrected chi connectivity index (χ1v) is 8.39. The van der Waals surface area contributed by atoms with Crippen LogP contribution in [0.4, 0.5) is 18.0 Å². The number of hydrogen-bond donors (Lipinski definition) is 0. The Morgan fingerprint density at radius 2 is 2.00 bits per heavy atom. The van der Waals surface area contributed by atoms with Crippen LogP contribution in [0.25, 0.3) is 5.57 Å². The first kappa shape index (κ1) is 18.7. The highest BCUT2D eigenvalue weighted by Gasteiger charge is 2.41. The summed E-state index contributed by atoms with van der Waals surface area (Å²) in [6.07, 6.45) is -2.82. The van der Waals surface area contributed by atoms with Crippen molar-refractivity contribution < 1.29 is 27.4 Å². The Hall–Kier alpha value is -2.09. The average molecular weight is 370 g/mol. The number of pyridine rings is 1. The number of carbonyl (C=O) groups excluding carboxylic acids is 1. The number of rotatable bonds is 1. The number of halogens is 3. The smallest absolute Gasteiger partial charge is 0.433 e. The average Bonchev–Trinajstić information content (AvgIpc) is 2.51. The SMILES string of the molecule is CC(C)(C)OC(=O)N1C2C=C(c3cccc(C(F)(F)F)n3)CC1COC2. The highest BCUT2D eigenvalue weighted by Crippen LogP contribution is 2.34. The van der Waals surface area contributed by atoms with E-state index >= 15 is 0 Å². The molecule has 8 heteroatoms. The van der Waals surface area contributed by atoms with Gasteiger partial charge in [-0.05, 0) is 44.9 Å². The largest absolute Gasteiger partial charge is 0.444 e. The van der Waals surface area contributed by atoms with Gasteiger partial charge in [0.1, 0.15) is 11.3 Å². The van der Waals surface area contributed by atoms with Gasteiger partial charge in [0.15, 0.2) is 0 Å². The molecule has 3 heterocycles. The van der Waals surface area contributed by atoms with Crippen LogP contribution in [-0.2, 0) is 15.7 Å². The zero-order chi connectivity index (χ0) is 19.1. The number of ether oxygens (including phenoxy) is 2. The maximum Gasteiger partial charge on any atom is 0.433 e. The lowest BCUT2D eigenvalue weighted by molar-refractivity contribution is -0.141. The standard InChI is InChI=1S/C18H21F3N2O3/c1-17(2,3)26-16(24)23-12-7-11(8-13(23)10-25-9-12)14-5-4-6-15(22-14)18(19,20)21/h4-7,12-13H,8-10H2,1-3H3. The van der Waals surface area contributed by atoms with Crippen LogP contribution >= 0.6 is 0 Å². The first-order chi connectivity index (χ1) is 12.0. The third-order valence-electron chi connectivity index (χ3n) is 4.17. The number of hydrogen-bond acceptors (Lipinski definition) is 4. The van der Waals surface area contributed by atoms with Crippen LogP contribution < -0.4 is 0 Å². The second-order valence-electron chi connectivity index (χ2n) is 7.45. The van der Waals surface area contributed by atoms with E-state index in [1.807, 2.05) is 0 Å². The second kappa shape index (κ2) is 6.57. The summed E-state index contributed by atoms with van der Waals surface area (Å²) in [4.78, 5) is 17.9. The Labute approximate surface area is 149 Å². The van der Waals surface area contributed by atoms with Gasteiger partial charge in [-0.1, -0.05) is 12.1 Å². The number of alkyl halides is 3. The van der Waals surface area contributed by atoms with Crippen LogP contribution in [0, 0.1) is 0 Å². The molecule has 1 amide bonds. The van der Waals surface area contributed by atoms with Gasteiger partial charge in [0.05, 0.1) is 31.0 Å². The van der Waals surface area contributed by atoms with Crippen molar-refractivity contribution in [3.05, 3.63) is 35.7 Å². The molecule has 2 unspecified atom stereocenters. The van der Waals surface area contributed by atoms with Crippen LogP contribution in [0.15, 0.2) is 24.3 Å². The normalized spacial score (nSPS) is 23.5. The van der Waals surface area contributed by atoms with E-state index in [-0.39, 0.29) is 24.4 Å². The molecule has 0 aromatic carbocycles. The number of fused-ring (bicyclic) bond motifs is 2. The molecule has 1 saturated heterocycles. The summed E-state index contributed by atoms with van der Waals surface area (Å²) in [5, 5.41) is 0. The van der Waals surface area contributed by atoms with Crippen LogP contribution in [0.1, 0.15) is 38.6 Å². The maximum absolute atomic E-state index is 12.9. The summed E-state index contributed by atoms with van der Waals surface area (Å²) < 4.78 is 49.7. The van der Waals surface area contributed by atoms with Crippen molar-refractivity contribution in [2.75, 3.05) is 13.2 Å². The molecule has 142 valence electrons. The highest BCUT2D eigenvalue weighted by atomic mass is 19.4. The van der Waals surface area contributed by atoms with Gasteiger partial charge in [-0.15, -0.1) is 0 Å². The summed E-state index contributed by atoms with van der Waals surface area (Å²) in [7, 11) is 0. The molecule has 3 rings (SSSR count). The van der Waals surface area contributed by atoms with Crippen LogP contribution in [0.5, 0.6) is 0 Å². The Bertz CT molecular complexity index is 725. The molecule has 0 radical (unpaired) electrons. The molecule has 1 fully saturated rings. The van der Waals surface area contributed by atoms with Gasteiger partial charge in [-0.2, -0.15) is 13.2 Å². The van der Waals surface area contributed by atoms with E-state index in [1.165, 1.54) is 6.07 Å². The van der Waals surface area contributed by atoms with Crippen molar-refractivity contribution in [3.63, 3.8) is 0 Å². The monoisotopic (exact) mass is 370 g/mol. The topological polar surface area (TPSA) is 51.7 Å². The summed E-state index contributed by atoms with van der Waals surface area (Å²) >= 11 is 0. The quantitative estimate of drug-likeness (QED) is 0.753. The molecule has 2 bridgehead atoms. The van der Waals surface area contributed by atoms with E-state index in [9.17, 15) is 18.0 Å². The van der Waals surface area contributed by atoms with E-state index in [0.717, 1.165) is 6.07 Å². The van der Waals surface area contributed by atoms with E-state index < -0.39 is 23.6 Å². The van der Waals surface area contributed by atoms with Crippen molar-refractivity contribution in [3.8, 4) is 0 Å². The molecule has 1 aromatic heterocycles. The highest BCUT2D eigenvalue weighted by molar-refractivity contribution is 5.74. The third kappa shape index (κ3) is 4.00. The zero-order valence-corrected chi connectivity index (χ0v) is 14.8. The van der Waals surface area contributed by atoms with Crippen molar-refractivity contribution in [2.45, 2.75) is 51.1 Å². The molecule has 5 nitrogen and oxygen atoms in total. The van der Waals surface area contributed by atoms with Gasteiger partial charge in [-0.3, -0.25) is 4.90 Å². The van der Waals surface area contributed by atoms with E-state index in [2.05, 4.69) is 4.98 Å². The molecule has 2 atom stereocenters. The zero-order valence-electron chi connectivity index (χ0n) is 14.8. The first-order valence-electron chi connectivity index (χ1n) is 8.39. The Kier molecular flexibility index (Phi) is 4.72. The second-order valence-corrected chi connectivity index (χ2v) is 7.45. The van der Waals surface area contributed by atoms with Gasteiger partial charge >= 0.3 is 12.3 Å². The fourth-order valence-electron chi connectivity index (χ4n) is 3.16. The van der Waals surface area contributed by atoms with Gasteiger partial charge < -0.3 is 9.47 Å². The fraction of sp³-hybridized carbons (Fsp3) is 0.556. The molecule has 2 aliphatic heterocycles. The number of morpholine rings is 1. The number of nitrogens with zero attached hydrogens (tertiary/aromatic N) is 2. The Morgan fingerprint density at radius 1 is 1.27 bits per heavy atom. The van der Waals surface area contributed by atoms with Crippen molar-refractivity contribution in [2.24, 2.45) is 0 Å².